The minimum atomic E-state index is -0.145. The molecule has 1 heterocycles. The minimum absolute atomic E-state index is 0.0305. The lowest BCUT2D eigenvalue weighted by atomic mass is 9.78. The number of amides is 1. The van der Waals surface area contributed by atoms with Crippen molar-refractivity contribution in [2.45, 2.75) is 31.2 Å². The fraction of sp³-hybridized carbons (Fsp3) is 0.500. The normalized spacial score (nSPS) is 17.6. The number of rotatable bonds is 4. The monoisotopic (exact) mass is 219 g/mol. The van der Waals surface area contributed by atoms with Crippen molar-refractivity contribution >= 4 is 5.91 Å². The van der Waals surface area contributed by atoms with E-state index in [1.807, 2.05) is 12.1 Å². The van der Waals surface area contributed by atoms with Gasteiger partial charge >= 0.3 is 0 Å². The fourth-order valence-corrected chi connectivity index (χ4v) is 1.83. The van der Waals surface area contributed by atoms with E-state index in [4.69, 9.17) is 5.73 Å². The van der Waals surface area contributed by atoms with Crippen molar-refractivity contribution in [3.05, 3.63) is 30.1 Å². The third-order valence-corrected chi connectivity index (χ3v) is 3.10. The molecule has 3 N–H and O–H groups in total. The van der Waals surface area contributed by atoms with E-state index in [0.717, 1.165) is 18.4 Å². The summed E-state index contributed by atoms with van der Waals surface area (Å²) in [5.74, 6) is 0.0305. The Labute approximate surface area is 95.3 Å². The molecule has 0 radical (unpaired) electrons. The predicted molar refractivity (Wildman–Crippen MR) is 61.7 cm³/mol. The second kappa shape index (κ2) is 4.61. The lowest BCUT2D eigenvalue weighted by Crippen LogP contribution is -2.55. The van der Waals surface area contributed by atoms with Gasteiger partial charge in [0.15, 0.2) is 0 Å². The number of nitrogens with two attached hydrogens (primary N) is 1. The van der Waals surface area contributed by atoms with E-state index in [0.29, 0.717) is 13.0 Å². The Hall–Kier alpha value is -1.42. The maximum Gasteiger partial charge on any atom is 0.224 e. The summed E-state index contributed by atoms with van der Waals surface area (Å²) in [7, 11) is 0. The van der Waals surface area contributed by atoms with Gasteiger partial charge in [0.1, 0.15) is 0 Å². The van der Waals surface area contributed by atoms with Gasteiger partial charge in [-0.05, 0) is 37.0 Å². The van der Waals surface area contributed by atoms with Crippen LogP contribution in [0.1, 0.15) is 24.8 Å². The molecule has 1 aromatic rings. The number of nitrogens with zero attached hydrogens (tertiary/aromatic N) is 1. The summed E-state index contributed by atoms with van der Waals surface area (Å²) < 4.78 is 0. The predicted octanol–water partition coefficient (Wildman–Crippen LogP) is 0.622. The van der Waals surface area contributed by atoms with Gasteiger partial charge in [-0.25, -0.2) is 0 Å². The molecule has 4 heteroatoms. The lowest BCUT2D eigenvalue weighted by Gasteiger charge is -2.38. The maximum absolute atomic E-state index is 11.6. The molecule has 1 aromatic heterocycles. The average molecular weight is 219 g/mol. The number of pyridine rings is 1. The highest BCUT2D eigenvalue weighted by molar-refractivity contribution is 5.78. The Kier molecular flexibility index (Phi) is 3.19. The van der Waals surface area contributed by atoms with Crippen molar-refractivity contribution in [1.82, 2.24) is 10.3 Å². The van der Waals surface area contributed by atoms with Gasteiger partial charge in [0.2, 0.25) is 5.91 Å². The van der Waals surface area contributed by atoms with Gasteiger partial charge in [0.25, 0.3) is 0 Å². The van der Waals surface area contributed by atoms with Crippen molar-refractivity contribution in [1.29, 1.82) is 0 Å². The van der Waals surface area contributed by atoms with Crippen LogP contribution in [0.3, 0.4) is 0 Å². The van der Waals surface area contributed by atoms with E-state index in [1.165, 1.54) is 6.42 Å². The van der Waals surface area contributed by atoms with Crippen LogP contribution < -0.4 is 11.1 Å². The number of hydrogen-bond donors (Lipinski definition) is 2. The summed E-state index contributed by atoms with van der Waals surface area (Å²) in [5, 5.41) is 2.89. The average Bonchev–Trinajstić information content (AvgIpc) is 2.25. The standard InChI is InChI=1S/C12H17N3O/c13-12(4-1-5-12)9-15-11(16)8-10-2-6-14-7-3-10/h2-3,6-7H,1,4-5,8-9,13H2,(H,15,16). The van der Waals surface area contributed by atoms with Crippen molar-refractivity contribution < 1.29 is 4.79 Å². The van der Waals surface area contributed by atoms with Crippen LogP contribution >= 0.6 is 0 Å². The van der Waals surface area contributed by atoms with E-state index in [-0.39, 0.29) is 11.4 Å². The Balaban J connectivity index is 1.76. The Bertz CT molecular complexity index is 360. The van der Waals surface area contributed by atoms with Crippen LogP contribution in [0.15, 0.2) is 24.5 Å². The molecule has 0 saturated heterocycles. The van der Waals surface area contributed by atoms with Crippen LogP contribution in [0.2, 0.25) is 0 Å². The van der Waals surface area contributed by atoms with Crippen molar-refractivity contribution in [2.75, 3.05) is 6.54 Å². The van der Waals surface area contributed by atoms with Crippen molar-refractivity contribution in [3.63, 3.8) is 0 Å². The number of aromatic nitrogens is 1. The molecule has 1 saturated carbocycles. The molecule has 0 aromatic carbocycles. The zero-order valence-electron chi connectivity index (χ0n) is 9.28. The Morgan fingerprint density at radius 3 is 2.69 bits per heavy atom. The van der Waals surface area contributed by atoms with Gasteiger partial charge < -0.3 is 11.1 Å². The van der Waals surface area contributed by atoms with Crippen LogP contribution in [0.5, 0.6) is 0 Å². The summed E-state index contributed by atoms with van der Waals surface area (Å²) >= 11 is 0. The second-order valence-corrected chi connectivity index (χ2v) is 4.52. The molecule has 0 aliphatic heterocycles. The number of hydrogen-bond acceptors (Lipinski definition) is 3. The largest absolute Gasteiger partial charge is 0.354 e. The molecule has 2 rings (SSSR count). The first-order valence-corrected chi connectivity index (χ1v) is 5.62. The smallest absolute Gasteiger partial charge is 0.224 e. The summed E-state index contributed by atoms with van der Waals surface area (Å²) in [4.78, 5) is 15.5. The van der Waals surface area contributed by atoms with E-state index < -0.39 is 0 Å². The molecule has 1 amide bonds. The zero-order chi connectivity index (χ0) is 11.4. The molecule has 1 aliphatic rings. The van der Waals surface area contributed by atoms with Crippen LogP contribution in [-0.4, -0.2) is 23.0 Å². The van der Waals surface area contributed by atoms with Crippen LogP contribution in [0, 0.1) is 0 Å². The molecule has 1 fully saturated rings. The van der Waals surface area contributed by atoms with Gasteiger partial charge in [-0.2, -0.15) is 0 Å². The van der Waals surface area contributed by atoms with Gasteiger partial charge in [-0.15, -0.1) is 0 Å². The first kappa shape index (κ1) is 11.1. The van der Waals surface area contributed by atoms with Crippen LogP contribution in [-0.2, 0) is 11.2 Å². The topological polar surface area (TPSA) is 68.0 Å². The molecule has 86 valence electrons. The summed E-state index contributed by atoms with van der Waals surface area (Å²) in [6.45, 7) is 0.594. The first-order chi connectivity index (χ1) is 7.68. The molecule has 0 atom stereocenters. The molecule has 1 aliphatic carbocycles. The summed E-state index contributed by atoms with van der Waals surface area (Å²) in [6.07, 6.45) is 7.00. The van der Waals surface area contributed by atoms with Gasteiger partial charge in [-0.3, -0.25) is 9.78 Å². The summed E-state index contributed by atoms with van der Waals surface area (Å²) in [5.41, 5.74) is 6.85. The van der Waals surface area contributed by atoms with Gasteiger partial charge in [-0.1, -0.05) is 0 Å². The molecular formula is C12H17N3O. The summed E-state index contributed by atoms with van der Waals surface area (Å²) in [6, 6.07) is 3.70. The molecule has 16 heavy (non-hydrogen) atoms. The van der Waals surface area contributed by atoms with Crippen molar-refractivity contribution in [2.24, 2.45) is 5.73 Å². The van der Waals surface area contributed by atoms with E-state index in [1.54, 1.807) is 12.4 Å². The van der Waals surface area contributed by atoms with Crippen LogP contribution in [0.4, 0.5) is 0 Å². The van der Waals surface area contributed by atoms with E-state index >= 15 is 0 Å². The maximum atomic E-state index is 11.6. The fourth-order valence-electron chi connectivity index (χ4n) is 1.83. The number of carbonyl (C=O) groups is 1. The minimum Gasteiger partial charge on any atom is -0.354 e. The first-order valence-electron chi connectivity index (χ1n) is 5.62. The molecule has 4 nitrogen and oxygen atoms in total. The van der Waals surface area contributed by atoms with Crippen LogP contribution in [0.25, 0.3) is 0 Å². The van der Waals surface area contributed by atoms with E-state index in [2.05, 4.69) is 10.3 Å². The quantitative estimate of drug-likeness (QED) is 0.780. The SMILES string of the molecule is NC1(CNC(=O)Cc2ccncc2)CCC1. The molecule has 0 unspecified atom stereocenters. The Morgan fingerprint density at radius 2 is 2.12 bits per heavy atom. The lowest BCUT2D eigenvalue weighted by molar-refractivity contribution is -0.120. The highest BCUT2D eigenvalue weighted by Crippen LogP contribution is 2.27. The molecule has 0 spiro atoms. The highest BCUT2D eigenvalue weighted by Gasteiger charge is 2.32. The second-order valence-electron chi connectivity index (χ2n) is 4.52. The van der Waals surface area contributed by atoms with Crippen molar-refractivity contribution in [3.8, 4) is 0 Å². The Morgan fingerprint density at radius 1 is 1.44 bits per heavy atom. The molecular weight excluding hydrogens is 202 g/mol. The van der Waals surface area contributed by atoms with E-state index in [9.17, 15) is 4.79 Å². The third kappa shape index (κ3) is 2.79. The van der Waals surface area contributed by atoms with Gasteiger partial charge in [0.05, 0.1) is 6.42 Å². The highest BCUT2D eigenvalue weighted by atomic mass is 16.1. The third-order valence-electron chi connectivity index (χ3n) is 3.10. The zero-order valence-corrected chi connectivity index (χ0v) is 9.28. The number of carbonyl (C=O) groups excluding carboxylic acids is 1. The van der Waals surface area contributed by atoms with Gasteiger partial charge in [0, 0.05) is 24.5 Å². The number of nitrogens with one attached hydrogen (secondary N) is 1. The molecule has 0 bridgehead atoms.